The Morgan fingerprint density at radius 2 is 1.86 bits per heavy atom. The summed E-state index contributed by atoms with van der Waals surface area (Å²) < 4.78 is 0. The molecule has 1 heterocycles. The van der Waals surface area contributed by atoms with E-state index in [0.717, 1.165) is 25.6 Å². The Labute approximate surface area is 192 Å². The Morgan fingerprint density at radius 1 is 1.14 bits per heavy atom. The minimum atomic E-state index is 0. The molecule has 1 aromatic rings. The molecule has 6 nitrogen and oxygen atoms in total. The molecule has 0 bridgehead atoms. The molecule has 1 aromatic carbocycles. The van der Waals surface area contributed by atoms with E-state index in [9.17, 15) is 4.79 Å². The first kappa shape index (κ1) is 23.9. The van der Waals surface area contributed by atoms with E-state index in [2.05, 4.69) is 50.9 Å². The average Bonchev–Trinajstić information content (AvgIpc) is 3.36. The Morgan fingerprint density at radius 3 is 2.55 bits per heavy atom. The molecule has 1 aliphatic heterocycles. The Balaban J connectivity index is 0.00000300. The fourth-order valence-electron chi connectivity index (χ4n) is 4.07. The Kier molecular flexibility index (Phi) is 10.2. The molecule has 2 N–H and O–H groups in total. The highest BCUT2D eigenvalue weighted by Gasteiger charge is 2.25. The van der Waals surface area contributed by atoms with Crippen LogP contribution >= 0.6 is 24.0 Å². The molecule has 2 fully saturated rings. The van der Waals surface area contributed by atoms with Gasteiger partial charge in [0, 0.05) is 39.3 Å². The monoisotopic (exact) mass is 513 g/mol. The van der Waals surface area contributed by atoms with Gasteiger partial charge in [0.05, 0.1) is 0 Å². The second kappa shape index (κ2) is 12.4. The van der Waals surface area contributed by atoms with Gasteiger partial charge in [0.15, 0.2) is 5.96 Å². The molecule has 1 saturated carbocycles. The van der Waals surface area contributed by atoms with Crippen molar-refractivity contribution in [2.75, 3.05) is 33.7 Å². The van der Waals surface area contributed by atoms with Gasteiger partial charge >= 0.3 is 0 Å². The van der Waals surface area contributed by atoms with Crippen molar-refractivity contribution < 1.29 is 4.79 Å². The van der Waals surface area contributed by atoms with Gasteiger partial charge in [-0.1, -0.05) is 43.2 Å². The number of aliphatic imine (C=N–C) groups is 1. The van der Waals surface area contributed by atoms with Crippen LogP contribution in [0.2, 0.25) is 0 Å². The highest BCUT2D eigenvalue weighted by Crippen LogP contribution is 2.20. The van der Waals surface area contributed by atoms with Gasteiger partial charge < -0.3 is 15.5 Å². The van der Waals surface area contributed by atoms with Crippen molar-refractivity contribution in [3.05, 3.63) is 35.9 Å². The number of nitrogens with zero attached hydrogens (tertiary/aromatic N) is 3. The lowest BCUT2D eigenvalue weighted by Gasteiger charge is -2.26. The molecule has 1 unspecified atom stereocenters. The maximum Gasteiger partial charge on any atom is 0.243 e. The summed E-state index contributed by atoms with van der Waals surface area (Å²) in [5, 5.41) is 7.07. The van der Waals surface area contributed by atoms with Crippen molar-refractivity contribution >= 4 is 35.8 Å². The van der Waals surface area contributed by atoms with E-state index < -0.39 is 0 Å². The summed E-state index contributed by atoms with van der Waals surface area (Å²) in [5.41, 5.74) is 1.36. The standard InChI is InChI=1S/C22H35N5O.HI/c1-26(2)21(28)16-24-22(25-19-11-6-7-12-19)23-15-20-13-8-14-27(20)17-18-9-4-3-5-10-18;/h3-5,9-10,19-20H,6-8,11-17H2,1-2H3,(H2,23,24,25);1H. The van der Waals surface area contributed by atoms with Gasteiger partial charge in [-0.25, -0.2) is 4.99 Å². The van der Waals surface area contributed by atoms with Crippen molar-refractivity contribution in [1.29, 1.82) is 0 Å². The second-order valence-corrected chi connectivity index (χ2v) is 8.21. The van der Waals surface area contributed by atoms with Crippen molar-refractivity contribution in [2.24, 2.45) is 4.99 Å². The second-order valence-electron chi connectivity index (χ2n) is 8.21. The van der Waals surface area contributed by atoms with E-state index in [1.807, 2.05) is 0 Å². The average molecular weight is 513 g/mol. The van der Waals surface area contributed by atoms with Crippen LogP contribution < -0.4 is 10.6 Å². The third-order valence-electron chi connectivity index (χ3n) is 5.80. The molecule has 1 atom stereocenters. The molecule has 7 heteroatoms. The summed E-state index contributed by atoms with van der Waals surface area (Å²) in [6.45, 7) is 3.19. The number of hydrogen-bond acceptors (Lipinski definition) is 3. The number of amides is 1. The number of halogens is 1. The van der Waals surface area contributed by atoms with Crippen molar-refractivity contribution in [3.8, 4) is 0 Å². The predicted octanol–water partition coefficient (Wildman–Crippen LogP) is 2.84. The molecule has 162 valence electrons. The molecule has 1 aliphatic carbocycles. The van der Waals surface area contributed by atoms with Crippen LogP contribution in [0, 0.1) is 0 Å². The minimum Gasteiger partial charge on any atom is -0.355 e. The van der Waals surface area contributed by atoms with Gasteiger partial charge in [-0.05, 0) is 37.8 Å². The van der Waals surface area contributed by atoms with Crippen LogP contribution in [0.25, 0.3) is 0 Å². The van der Waals surface area contributed by atoms with Crippen molar-refractivity contribution in [3.63, 3.8) is 0 Å². The molecule has 1 amide bonds. The smallest absolute Gasteiger partial charge is 0.243 e. The van der Waals surface area contributed by atoms with Crippen LogP contribution in [0.1, 0.15) is 44.1 Å². The number of likely N-dealkylation sites (N-methyl/N-ethyl adjacent to an activating group) is 1. The highest BCUT2D eigenvalue weighted by molar-refractivity contribution is 14.0. The largest absolute Gasteiger partial charge is 0.355 e. The minimum absolute atomic E-state index is 0. The molecule has 1 saturated heterocycles. The van der Waals surface area contributed by atoms with Gasteiger partial charge in [0.1, 0.15) is 6.54 Å². The maximum absolute atomic E-state index is 12.0. The Bertz CT molecular complexity index is 646. The molecule has 0 spiro atoms. The summed E-state index contributed by atoms with van der Waals surface area (Å²) in [5.74, 6) is 0.813. The van der Waals surface area contributed by atoms with Crippen LogP contribution in [0.4, 0.5) is 0 Å². The number of guanidine groups is 1. The molecular formula is C22H36IN5O. The van der Waals surface area contributed by atoms with Gasteiger partial charge in [-0.15, -0.1) is 24.0 Å². The van der Waals surface area contributed by atoms with Crippen LogP contribution in [0.5, 0.6) is 0 Å². The quantitative estimate of drug-likeness (QED) is 0.335. The first-order valence-corrected chi connectivity index (χ1v) is 10.6. The lowest BCUT2D eigenvalue weighted by Crippen LogP contribution is -2.47. The normalized spacial score (nSPS) is 20.3. The molecule has 0 radical (unpaired) electrons. The third kappa shape index (κ3) is 7.77. The number of nitrogens with one attached hydrogen (secondary N) is 2. The Hall–Kier alpha value is -1.35. The van der Waals surface area contributed by atoms with Gasteiger partial charge in [0.25, 0.3) is 0 Å². The zero-order valence-electron chi connectivity index (χ0n) is 17.8. The summed E-state index contributed by atoms with van der Waals surface area (Å²) in [6.07, 6.45) is 7.36. The van der Waals surface area contributed by atoms with Gasteiger partial charge in [0.2, 0.25) is 5.91 Å². The van der Waals surface area contributed by atoms with E-state index in [1.54, 1.807) is 19.0 Å². The predicted molar refractivity (Wildman–Crippen MR) is 130 cm³/mol. The molecular weight excluding hydrogens is 477 g/mol. The fraction of sp³-hybridized carbons (Fsp3) is 0.636. The SMILES string of the molecule is CN(C)C(=O)CN=C(NCC1CCCN1Cc1ccccc1)NC1CCCC1.I. The number of rotatable bonds is 7. The first-order valence-electron chi connectivity index (χ1n) is 10.6. The number of benzene rings is 1. The van der Waals surface area contributed by atoms with Crippen LogP contribution in [-0.4, -0.2) is 67.5 Å². The molecule has 2 aliphatic rings. The van der Waals surface area contributed by atoms with E-state index in [1.165, 1.54) is 44.1 Å². The first-order chi connectivity index (χ1) is 13.6. The summed E-state index contributed by atoms with van der Waals surface area (Å²) in [6, 6.07) is 11.7. The van der Waals surface area contributed by atoms with Crippen molar-refractivity contribution in [2.45, 2.75) is 57.2 Å². The van der Waals surface area contributed by atoms with E-state index >= 15 is 0 Å². The topological polar surface area (TPSA) is 60.0 Å². The number of hydrogen-bond donors (Lipinski definition) is 2. The lowest BCUT2D eigenvalue weighted by molar-refractivity contribution is -0.127. The van der Waals surface area contributed by atoms with Crippen LogP contribution in [-0.2, 0) is 11.3 Å². The van der Waals surface area contributed by atoms with Crippen molar-refractivity contribution in [1.82, 2.24) is 20.4 Å². The fourth-order valence-corrected chi connectivity index (χ4v) is 4.07. The van der Waals surface area contributed by atoms with Crippen LogP contribution in [0.3, 0.4) is 0 Å². The summed E-state index contributed by atoms with van der Waals surface area (Å²) in [7, 11) is 3.55. The maximum atomic E-state index is 12.0. The highest BCUT2D eigenvalue weighted by atomic mass is 127. The lowest BCUT2D eigenvalue weighted by atomic mass is 10.2. The zero-order chi connectivity index (χ0) is 19.8. The van der Waals surface area contributed by atoms with E-state index in [4.69, 9.17) is 0 Å². The number of carbonyl (C=O) groups excluding carboxylic acids is 1. The summed E-state index contributed by atoms with van der Waals surface area (Å²) in [4.78, 5) is 20.7. The van der Waals surface area contributed by atoms with E-state index in [0.29, 0.717) is 12.1 Å². The molecule has 0 aromatic heterocycles. The van der Waals surface area contributed by atoms with E-state index in [-0.39, 0.29) is 36.4 Å². The molecule has 3 rings (SSSR count). The number of likely N-dealkylation sites (tertiary alicyclic amines) is 1. The van der Waals surface area contributed by atoms with Crippen LogP contribution in [0.15, 0.2) is 35.3 Å². The molecule has 29 heavy (non-hydrogen) atoms. The van der Waals surface area contributed by atoms with Gasteiger partial charge in [-0.2, -0.15) is 0 Å². The summed E-state index contributed by atoms with van der Waals surface area (Å²) >= 11 is 0. The third-order valence-corrected chi connectivity index (χ3v) is 5.80. The zero-order valence-corrected chi connectivity index (χ0v) is 20.1. The number of carbonyl (C=O) groups is 1. The van der Waals surface area contributed by atoms with Gasteiger partial charge in [-0.3, -0.25) is 9.69 Å².